The summed E-state index contributed by atoms with van der Waals surface area (Å²) in [5.41, 5.74) is 5.07. The number of unbranched alkanes of at least 4 members (excludes halogenated alkanes) is 5. The first-order chi connectivity index (χ1) is 28.6. The first kappa shape index (κ1) is 44.1. The number of nitrogens with one attached hydrogen (secondary N) is 4. The summed E-state index contributed by atoms with van der Waals surface area (Å²) in [6, 6.07) is 10.1. The number of fused-ring (bicyclic) bond motifs is 1. The summed E-state index contributed by atoms with van der Waals surface area (Å²) in [5, 5.41) is 21.9. The average molecular weight is 842 g/mol. The molecule has 0 aliphatic carbocycles. The van der Waals surface area contributed by atoms with Crippen LogP contribution >= 0.6 is 11.3 Å². The molecule has 4 atom stereocenters. The first-order valence-corrected chi connectivity index (χ1v) is 21.7. The molecule has 6 rings (SSSR count). The number of aliphatic hydroxyl groups is 1. The molecule has 0 saturated carbocycles. The Balaban J connectivity index is 0.904. The monoisotopic (exact) mass is 841 g/mol. The maximum absolute atomic E-state index is 14.0. The van der Waals surface area contributed by atoms with Gasteiger partial charge in [0.05, 0.1) is 33.3 Å². The van der Waals surface area contributed by atoms with Gasteiger partial charge in [-0.25, -0.2) is 4.98 Å². The van der Waals surface area contributed by atoms with Crippen molar-refractivity contribution in [2.75, 3.05) is 18.4 Å². The maximum atomic E-state index is 14.0. The Morgan fingerprint density at radius 3 is 2.37 bits per heavy atom. The van der Waals surface area contributed by atoms with E-state index in [-0.39, 0.29) is 61.7 Å². The van der Waals surface area contributed by atoms with E-state index in [1.807, 2.05) is 57.5 Å². The Morgan fingerprint density at radius 1 is 0.967 bits per heavy atom. The molecule has 3 aromatic rings. The van der Waals surface area contributed by atoms with Crippen molar-refractivity contribution in [3.8, 4) is 10.4 Å². The predicted octanol–water partition coefficient (Wildman–Crippen LogP) is 4.47. The van der Waals surface area contributed by atoms with Crippen molar-refractivity contribution in [1.29, 1.82) is 0 Å². The Bertz CT molecular complexity index is 2110. The van der Waals surface area contributed by atoms with E-state index in [1.54, 1.807) is 29.5 Å². The van der Waals surface area contributed by atoms with Gasteiger partial charge in [-0.15, -0.1) is 11.3 Å². The number of piperidine rings is 1. The number of imide groups is 2. The number of benzene rings is 2. The topological polar surface area (TPSA) is 207 Å². The van der Waals surface area contributed by atoms with E-state index in [2.05, 4.69) is 26.3 Å². The summed E-state index contributed by atoms with van der Waals surface area (Å²) in [4.78, 5) is 98.7. The Hall–Kier alpha value is -5.48. The molecule has 3 aliphatic heterocycles. The van der Waals surface area contributed by atoms with Crippen molar-refractivity contribution in [2.45, 2.75) is 123 Å². The number of carbonyl (C=O) groups excluding carboxylic acids is 7. The summed E-state index contributed by atoms with van der Waals surface area (Å²) in [6.45, 7) is 8.39. The van der Waals surface area contributed by atoms with Crippen LogP contribution in [0.4, 0.5) is 5.69 Å². The summed E-state index contributed by atoms with van der Waals surface area (Å²) in [7, 11) is 0. The van der Waals surface area contributed by atoms with Crippen molar-refractivity contribution in [3.63, 3.8) is 0 Å². The quantitative estimate of drug-likeness (QED) is 0.0952. The van der Waals surface area contributed by atoms with Crippen LogP contribution in [0.15, 0.2) is 48.0 Å². The molecular formula is C44H55N7O8S. The van der Waals surface area contributed by atoms with Gasteiger partial charge in [0.25, 0.3) is 11.8 Å². The summed E-state index contributed by atoms with van der Waals surface area (Å²) < 4.78 is 0. The normalized spacial score (nSPS) is 19.6. The van der Waals surface area contributed by atoms with Crippen LogP contribution in [-0.2, 0) is 30.5 Å². The van der Waals surface area contributed by atoms with Crippen LogP contribution in [0.1, 0.15) is 117 Å². The summed E-state index contributed by atoms with van der Waals surface area (Å²) in [5.74, 6) is -3.15. The third-order valence-corrected chi connectivity index (χ3v) is 12.3. The molecule has 320 valence electrons. The van der Waals surface area contributed by atoms with E-state index < -0.39 is 59.2 Å². The van der Waals surface area contributed by atoms with Gasteiger partial charge in [0.1, 0.15) is 18.1 Å². The molecule has 0 spiro atoms. The minimum absolute atomic E-state index is 0.00625. The number of β-amino-alcohol motifs (C(OH)–C–C–N with tert-alkyl or cyclic N) is 1. The number of thiazole rings is 1. The Labute approximate surface area is 354 Å². The molecule has 1 aromatic heterocycles. The van der Waals surface area contributed by atoms with Gasteiger partial charge in [-0.2, -0.15) is 0 Å². The number of likely N-dealkylation sites (tertiary alicyclic amines) is 1. The number of aromatic nitrogens is 1. The fraction of sp³-hybridized carbons (Fsp3) is 0.500. The molecule has 0 radical (unpaired) electrons. The number of amides is 7. The van der Waals surface area contributed by atoms with E-state index in [0.29, 0.717) is 18.7 Å². The lowest BCUT2D eigenvalue weighted by Crippen LogP contribution is -2.57. The van der Waals surface area contributed by atoms with Crippen LogP contribution in [0.2, 0.25) is 0 Å². The number of carbonyl (C=O) groups is 7. The molecule has 3 aliphatic rings. The van der Waals surface area contributed by atoms with Gasteiger partial charge in [-0.05, 0) is 54.9 Å². The van der Waals surface area contributed by atoms with E-state index in [4.69, 9.17) is 0 Å². The lowest BCUT2D eigenvalue weighted by atomic mass is 9.85. The highest BCUT2D eigenvalue weighted by molar-refractivity contribution is 7.13. The standard InChI is InChI=1S/C44H55N7O8S/c1-26-37(60-25-47-26)28-17-15-27(16-18-28)23-46-39(55)33-22-29(52)24-50(33)43(59)38(44(2,3)4)48-34(53)14-9-7-5-6-8-10-21-45-31-13-11-12-30-36(31)42(58)51(41(30)57)32-19-20-35(54)49-40(32)56/h11-13,15-18,25,29,32-33,38,45,52H,5-10,14,19-24H2,1-4H3,(H,46,55)(H,48,53)(H,49,54,56)/t29-,32?,33+,38-/m1/s1. The molecule has 4 heterocycles. The van der Waals surface area contributed by atoms with Crippen LogP contribution < -0.4 is 21.3 Å². The molecule has 0 bridgehead atoms. The van der Waals surface area contributed by atoms with Gasteiger partial charge in [-0.1, -0.05) is 76.8 Å². The van der Waals surface area contributed by atoms with Crippen molar-refractivity contribution in [1.82, 2.24) is 30.7 Å². The lowest BCUT2D eigenvalue weighted by molar-refractivity contribution is -0.144. The zero-order valence-corrected chi connectivity index (χ0v) is 35.5. The van der Waals surface area contributed by atoms with Gasteiger partial charge in [0.2, 0.25) is 29.5 Å². The zero-order valence-electron chi connectivity index (χ0n) is 34.7. The molecule has 1 unspecified atom stereocenters. The Kier molecular flexibility index (Phi) is 14.2. The van der Waals surface area contributed by atoms with E-state index in [9.17, 15) is 38.7 Å². The molecule has 2 aromatic carbocycles. The third kappa shape index (κ3) is 10.3. The van der Waals surface area contributed by atoms with Gasteiger partial charge >= 0.3 is 0 Å². The molecule has 7 amide bonds. The molecule has 15 nitrogen and oxygen atoms in total. The number of hydrogen-bond acceptors (Lipinski definition) is 11. The lowest BCUT2D eigenvalue weighted by Gasteiger charge is -2.35. The second kappa shape index (κ2) is 19.3. The molecule has 5 N–H and O–H groups in total. The van der Waals surface area contributed by atoms with E-state index in [0.717, 1.165) is 58.7 Å². The van der Waals surface area contributed by atoms with Crippen molar-refractivity contribution < 1.29 is 38.7 Å². The van der Waals surface area contributed by atoms with Gasteiger partial charge in [0.15, 0.2) is 0 Å². The number of nitrogens with zero attached hydrogens (tertiary/aromatic N) is 3. The van der Waals surface area contributed by atoms with Crippen molar-refractivity contribution in [3.05, 3.63) is 70.4 Å². The number of hydrogen-bond donors (Lipinski definition) is 5. The maximum Gasteiger partial charge on any atom is 0.264 e. The summed E-state index contributed by atoms with van der Waals surface area (Å²) in [6.07, 6.45) is 4.67. The van der Waals surface area contributed by atoms with E-state index >= 15 is 0 Å². The van der Waals surface area contributed by atoms with Crippen LogP contribution in [0, 0.1) is 12.3 Å². The number of aliphatic hydroxyl groups excluding tert-OH is 1. The summed E-state index contributed by atoms with van der Waals surface area (Å²) >= 11 is 1.57. The van der Waals surface area contributed by atoms with Gasteiger partial charge in [0, 0.05) is 44.6 Å². The van der Waals surface area contributed by atoms with Crippen molar-refractivity contribution >= 4 is 58.4 Å². The van der Waals surface area contributed by atoms with Crippen LogP contribution in [0.3, 0.4) is 0 Å². The first-order valence-electron chi connectivity index (χ1n) is 20.8. The fourth-order valence-electron chi connectivity index (χ4n) is 8.02. The largest absolute Gasteiger partial charge is 0.391 e. The van der Waals surface area contributed by atoms with Crippen LogP contribution in [0.25, 0.3) is 10.4 Å². The molecule has 2 saturated heterocycles. The highest BCUT2D eigenvalue weighted by atomic mass is 32.1. The number of aryl methyl sites for hydroxylation is 1. The molecule has 16 heteroatoms. The average Bonchev–Trinajstić information content (AvgIpc) is 3.90. The zero-order chi connectivity index (χ0) is 43.1. The fourth-order valence-corrected chi connectivity index (χ4v) is 8.83. The van der Waals surface area contributed by atoms with Crippen LogP contribution in [0.5, 0.6) is 0 Å². The number of anilines is 1. The smallest absolute Gasteiger partial charge is 0.264 e. The number of rotatable bonds is 17. The minimum Gasteiger partial charge on any atom is -0.391 e. The molecular weight excluding hydrogens is 787 g/mol. The van der Waals surface area contributed by atoms with Crippen molar-refractivity contribution in [2.24, 2.45) is 5.41 Å². The SMILES string of the molecule is Cc1ncsc1-c1ccc(CNC(=O)[C@@H]2C[C@@H](O)CN2C(=O)[C@@H](NC(=O)CCCCCCCCNc2cccc3c2C(=O)N(C2CCC(=O)NC2=O)C3=O)C(C)(C)C)cc1. The highest BCUT2D eigenvalue weighted by Crippen LogP contribution is 2.33. The van der Waals surface area contributed by atoms with E-state index in [1.165, 1.54) is 4.90 Å². The van der Waals surface area contributed by atoms with Gasteiger partial charge in [-0.3, -0.25) is 43.8 Å². The minimum atomic E-state index is -1.02. The highest BCUT2D eigenvalue weighted by Gasteiger charge is 2.46. The predicted molar refractivity (Wildman–Crippen MR) is 226 cm³/mol. The van der Waals surface area contributed by atoms with Crippen LogP contribution in [-0.4, -0.2) is 98.6 Å². The second-order valence-corrected chi connectivity index (χ2v) is 17.8. The third-order valence-electron chi connectivity index (χ3n) is 11.3. The Morgan fingerprint density at radius 2 is 1.68 bits per heavy atom. The molecule has 2 fully saturated rings. The van der Waals surface area contributed by atoms with Gasteiger partial charge < -0.3 is 26.0 Å². The second-order valence-electron chi connectivity index (χ2n) is 16.9. The molecule has 60 heavy (non-hydrogen) atoms.